The predicted molar refractivity (Wildman–Crippen MR) is 111 cm³/mol. The molecule has 2 aromatic rings. The van der Waals surface area contributed by atoms with Crippen LogP contribution in [0.2, 0.25) is 0 Å². The summed E-state index contributed by atoms with van der Waals surface area (Å²) in [6.45, 7) is 6.06. The lowest BCUT2D eigenvalue weighted by Crippen LogP contribution is -2.41. The molecule has 3 rings (SSSR count). The third kappa shape index (κ3) is 4.98. The average Bonchev–Trinajstić information content (AvgIpc) is 2.67. The Kier molecular flexibility index (Phi) is 6.47. The van der Waals surface area contributed by atoms with Crippen molar-refractivity contribution in [1.82, 2.24) is 10.2 Å². The van der Waals surface area contributed by atoms with Crippen LogP contribution in [0.4, 0.5) is 0 Å². The van der Waals surface area contributed by atoms with Gasteiger partial charge in [-0.05, 0) is 41.5 Å². The Morgan fingerprint density at radius 3 is 2.57 bits per heavy atom. The van der Waals surface area contributed by atoms with Gasteiger partial charge in [0.25, 0.3) is 5.91 Å². The quantitative estimate of drug-likeness (QED) is 0.740. The van der Waals surface area contributed by atoms with Crippen molar-refractivity contribution < 1.29 is 9.59 Å². The van der Waals surface area contributed by atoms with E-state index in [1.54, 1.807) is 0 Å². The number of hydrogen-bond donors (Lipinski definition) is 2. The number of nitrogens with zero attached hydrogens (tertiary/aromatic N) is 1. The molecule has 1 aliphatic heterocycles. The highest BCUT2D eigenvalue weighted by molar-refractivity contribution is 5.96. The molecule has 1 aliphatic rings. The van der Waals surface area contributed by atoms with Crippen molar-refractivity contribution >= 4 is 11.8 Å². The highest BCUT2D eigenvalue weighted by Gasteiger charge is 2.24. The fraction of sp³-hybridized carbons (Fsp3) is 0.391. The summed E-state index contributed by atoms with van der Waals surface area (Å²) in [6, 6.07) is 15.7. The molecule has 5 heteroatoms. The number of hydrogen-bond acceptors (Lipinski definition) is 3. The van der Waals surface area contributed by atoms with Gasteiger partial charge in [-0.15, -0.1) is 0 Å². The Labute approximate surface area is 166 Å². The van der Waals surface area contributed by atoms with E-state index in [0.29, 0.717) is 25.4 Å². The number of amides is 2. The fourth-order valence-corrected chi connectivity index (χ4v) is 3.67. The lowest BCUT2D eigenvalue weighted by Gasteiger charge is -2.29. The second-order valence-corrected chi connectivity index (χ2v) is 7.92. The van der Waals surface area contributed by atoms with Crippen LogP contribution < -0.4 is 11.1 Å². The largest absolute Gasteiger partial charge is 0.368 e. The molecular formula is C23H29N3O2. The van der Waals surface area contributed by atoms with Crippen LogP contribution in [0, 0.1) is 5.92 Å². The Bertz CT molecular complexity index is 833. The van der Waals surface area contributed by atoms with E-state index in [4.69, 9.17) is 5.73 Å². The van der Waals surface area contributed by atoms with E-state index in [-0.39, 0.29) is 17.9 Å². The van der Waals surface area contributed by atoms with Gasteiger partial charge in [-0.25, -0.2) is 0 Å². The number of primary amides is 1. The highest BCUT2D eigenvalue weighted by Crippen LogP contribution is 2.22. The molecule has 1 heterocycles. The van der Waals surface area contributed by atoms with Crippen molar-refractivity contribution in [2.75, 3.05) is 6.54 Å². The summed E-state index contributed by atoms with van der Waals surface area (Å²) in [5, 5.41) is 3.26. The normalized spacial score (nSPS) is 14.8. The van der Waals surface area contributed by atoms with Gasteiger partial charge in [0.2, 0.25) is 5.91 Å². The number of nitrogens with two attached hydrogens (primary N) is 1. The summed E-state index contributed by atoms with van der Waals surface area (Å²) in [7, 11) is 0. The third-order valence-corrected chi connectivity index (χ3v) is 5.16. The van der Waals surface area contributed by atoms with E-state index >= 15 is 0 Å². The highest BCUT2D eigenvalue weighted by atomic mass is 16.2. The maximum atomic E-state index is 12.9. The minimum atomic E-state index is -0.334. The molecule has 0 bridgehead atoms. The van der Waals surface area contributed by atoms with Gasteiger partial charge in [-0.3, -0.25) is 9.59 Å². The van der Waals surface area contributed by atoms with Gasteiger partial charge in [-0.1, -0.05) is 56.3 Å². The standard InChI is InChI=1S/C23H29N3O2/c1-16(2)12-21(22(24)27)25-14-18-8-9-20-19(13-18)10-11-26(23(20)28)15-17-6-4-3-5-7-17/h3-9,13,16,21,25H,10-12,14-15H2,1-2H3,(H2,24,27)/t21-/m1/s1. The van der Waals surface area contributed by atoms with Crippen molar-refractivity contribution in [3.05, 3.63) is 70.8 Å². The molecule has 148 valence electrons. The molecule has 0 radical (unpaired) electrons. The molecule has 0 aromatic heterocycles. The number of nitrogens with one attached hydrogen (secondary N) is 1. The summed E-state index contributed by atoms with van der Waals surface area (Å²) in [4.78, 5) is 26.4. The van der Waals surface area contributed by atoms with Crippen LogP contribution in [0.3, 0.4) is 0 Å². The summed E-state index contributed by atoms with van der Waals surface area (Å²) in [6.07, 6.45) is 1.56. The van der Waals surface area contributed by atoms with Crippen molar-refractivity contribution in [2.24, 2.45) is 11.7 Å². The molecule has 1 atom stereocenters. The van der Waals surface area contributed by atoms with E-state index in [2.05, 4.69) is 25.2 Å². The smallest absolute Gasteiger partial charge is 0.254 e. The van der Waals surface area contributed by atoms with Gasteiger partial charge >= 0.3 is 0 Å². The van der Waals surface area contributed by atoms with Gasteiger partial charge in [0.05, 0.1) is 6.04 Å². The first-order chi connectivity index (χ1) is 13.4. The molecule has 3 N–H and O–H groups in total. The number of carbonyl (C=O) groups excluding carboxylic acids is 2. The Hall–Kier alpha value is -2.66. The SMILES string of the molecule is CC(C)C[C@@H](NCc1ccc2c(c1)CCN(Cc1ccccc1)C2=O)C(N)=O. The second-order valence-electron chi connectivity index (χ2n) is 7.92. The van der Waals surface area contributed by atoms with E-state index in [9.17, 15) is 9.59 Å². The zero-order chi connectivity index (χ0) is 20.1. The van der Waals surface area contributed by atoms with Crippen LogP contribution in [0.1, 0.15) is 47.3 Å². The first-order valence-corrected chi connectivity index (χ1v) is 9.91. The third-order valence-electron chi connectivity index (χ3n) is 5.16. The van der Waals surface area contributed by atoms with Gasteiger partial charge in [0.15, 0.2) is 0 Å². The van der Waals surface area contributed by atoms with Crippen LogP contribution in [-0.2, 0) is 24.3 Å². The average molecular weight is 380 g/mol. The topological polar surface area (TPSA) is 75.4 Å². The summed E-state index contributed by atoms with van der Waals surface area (Å²) in [5.74, 6) is 0.152. The monoisotopic (exact) mass is 379 g/mol. The molecule has 0 saturated heterocycles. The zero-order valence-electron chi connectivity index (χ0n) is 16.7. The van der Waals surface area contributed by atoms with Gasteiger partial charge in [-0.2, -0.15) is 0 Å². The van der Waals surface area contributed by atoms with Crippen molar-refractivity contribution in [1.29, 1.82) is 0 Å². The van der Waals surface area contributed by atoms with Gasteiger partial charge in [0, 0.05) is 25.2 Å². The Morgan fingerprint density at radius 2 is 1.89 bits per heavy atom. The van der Waals surface area contributed by atoms with E-state index in [0.717, 1.165) is 35.2 Å². The fourth-order valence-electron chi connectivity index (χ4n) is 3.67. The molecule has 2 aromatic carbocycles. The summed E-state index contributed by atoms with van der Waals surface area (Å²) in [5.41, 5.74) is 9.57. The Balaban J connectivity index is 1.66. The minimum Gasteiger partial charge on any atom is -0.368 e. The van der Waals surface area contributed by atoms with E-state index < -0.39 is 0 Å². The Morgan fingerprint density at radius 1 is 1.14 bits per heavy atom. The van der Waals surface area contributed by atoms with Crippen molar-refractivity contribution in [3.8, 4) is 0 Å². The molecule has 0 fully saturated rings. The first kappa shape index (κ1) is 20.1. The minimum absolute atomic E-state index is 0.0828. The first-order valence-electron chi connectivity index (χ1n) is 9.91. The van der Waals surface area contributed by atoms with Crippen LogP contribution in [0.25, 0.3) is 0 Å². The molecular weight excluding hydrogens is 350 g/mol. The van der Waals surface area contributed by atoms with E-state index in [1.165, 1.54) is 0 Å². The maximum Gasteiger partial charge on any atom is 0.254 e. The van der Waals surface area contributed by atoms with Crippen LogP contribution in [0.5, 0.6) is 0 Å². The van der Waals surface area contributed by atoms with E-state index in [1.807, 2.05) is 47.4 Å². The van der Waals surface area contributed by atoms with Crippen LogP contribution >= 0.6 is 0 Å². The number of carbonyl (C=O) groups is 2. The molecule has 0 saturated carbocycles. The summed E-state index contributed by atoms with van der Waals surface area (Å²) < 4.78 is 0. The van der Waals surface area contributed by atoms with Gasteiger partial charge < -0.3 is 16.0 Å². The molecule has 0 unspecified atom stereocenters. The van der Waals surface area contributed by atoms with Crippen molar-refractivity contribution in [2.45, 2.75) is 45.8 Å². The maximum absolute atomic E-state index is 12.9. The lowest BCUT2D eigenvalue weighted by atomic mass is 9.96. The summed E-state index contributed by atoms with van der Waals surface area (Å²) >= 11 is 0. The zero-order valence-corrected chi connectivity index (χ0v) is 16.7. The molecule has 5 nitrogen and oxygen atoms in total. The second kappa shape index (κ2) is 9.02. The number of fused-ring (bicyclic) bond motifs is 1. The molecule has 0 aliphatic carbocycles. The van der Waals surface area contributed by atoms with Crippen molar-refractivity contribution in [3.63, 3.8) is 0 Å². The molecule has 2 amide bonds. The van der Waals surface area contributed by atoms with Crippen LogP contribution in [0.15, 0.2) is 48.5 Å². The molecule has 0 spiro atoms. The lowest BCUT2D eigenvalue weighted by molar-refractivity contribution is -0.120. The van der Waals surface area contributed by atoms with Crippen LogP contribution in [-0.4, -0.2) is 29.3 Å². The van der Waals surface area contributed by atoms with Gasteiger partial charge in [0.1, 0.15) is 0 Å². The number of rotatable bonds is 8. The predicted octanol–water partition coefficient (Wildman–Crippen LogP) is 2.87. The molecule has 28 heavy (non-hydrogen) atoms. The number of benzene rings is 2.